The summed E-state index contributed by atoms with van der Waals surface area (Å²) in [7, 11) is 0. The van der Waals surface area contributed by atoms with Crippen molar-refractivity contribution in [2.24, 2.45) is 0 Å². The highest BCUT2D eigenvalue weighted by molar-refractivity contribution is 5.96. The van der Waals surface area contributed by atoms with Crippen LogP contribution in [0.3, 0.4) is 0 Å². The molecule has 0 radical (unpaired) electrons. The Balaban J connectivity index is 1.39. The first-order chi connectivity index (χ1) is 13.1. The molecule has 0 bridgehead atoms. The van der Waals surface area contributed by atoms with Gasteiger partial charge >= 0.3 is 0 Å². The fraction of sp³-hybridized carbons (Fsp3) is 0.333. The van der Waals surface area contributed by atoms with Gasteiger partial charge in [-0.1, -0.05) is 24.3 Å². The van der Waals surface area contributed by atoms with Crippen molar-refractivity contribution in [2.45, 2.75) is 25.9 Å². The number of likely N-dealkylation sites (tertiary alicyclic amines) is 1. The Kier molecular flexibility index (Phi) is 6.54. The van der Waals surface area contributed by atoms with E-state index in [0.717, 1.165) is 12.1 Å². The predicted octanol–water partition coefficient (Wildman–Crippen LogP) is 2.47. The lowest BCUT2D eigenvalue weighted by Gasteiger charge is -2.14. The first kappa shape index (κ1) is 19.0. The second-order valence-corrected chi connectivity index (χ2v) is 6.77. The molecule has 142 valence electrons. The maximum Gasteiger partial charge on any atom is 0.251 e. The van der Waals surface area contributed by atoms with E-state index in [2.05, 4.69) is 27.7 Å². The maximum absolute atomic E-state index is 12.9. The van der Waals surface area contributed by atoms with E-state index in [1.807, 2.05) is 12.1 Å². The molecule has 0 atom stereocenters. The van der Waals surface area contributed by atoms with E-state index in [1.54, 1.807) is 0 Å². The average Bonchev–Trinajstić information content (AvgIpc) is 3.19. The first-order valence-electron chi connectivity index (χ1n) is 9.21. The highest BCUT2D eigenvalue weighted by atomic mass is 19.1. The van der Waals surface area contributed by atoms with Gasteiger partial charge < -0.3 is 10.6 Å². The predicted molar refractivity (Wildman–Crippen MR) is 102 cm³/mol. The Morgan fingerprint density at radius 1 is 0.889 bits per heavy atom. The monoisotopic (exact) mass is 369 g/mol. The molecule has 0 unspecified atom stereocenters. The second kappa shape index (κ2) is 9.28. The number of hydrogen-bond acceptors (Lipinski definition) is 3. The molecule has 0 spiro atoms. The van der Waals surface area contributed by atoms with Gasteiger partial charge in [0.15, 0.2) is 0 Å². The third kappa shape index (κ3) is 5.89. The molecule has 6 heteroatoms. The van der Waals surface area contributed by atoms with Crippen LogP contribution in [-0.4, -0.2) is 36.3 Å². The molecular weight excluding hydrogens is 345 g/mol. The van der Waals surface area contributed by atoms with E-state index in [4.69, 9.17) is 0 Å². The van der Waals surface area contributed by atoms with Crippen LogP contribution in [0.25, 0.3) is 0 Å². The van der Waals surface area contributed by atoms with Gasteiger partial charge in [0.05, 0.1) is 6.54 Å². The molecule has 0 aromatic heterocycles. The largest absolute Gasteiger partial charge is 0.350 e. The summed E-state index contributed by atoms with van der Waals surface area (Å²) in [6.07, 6.45) is 2.56. The lowest BCUT2D eigenvalue weighted by Crippen LogP contribution is -2.36. The van der Waals surface area contributed by atoms with Crippen LogP contribution < -0.4 is 10.6 Å². The third-order valence-electron chi connectivity index (χ3n) is 4.63. The molecule has 0 saturated carbocycles. The van der Waals surface area contributed by atoms with Gasteiger partial charge in [0.1, 0.15) is 5.82 Å². The van der Waals surface area contributed by atoms with Gasteiger partial charge in [-0.2, -0.15) is 0 Å². The highest BCUT2D eigenvalue weighted by Crippen LogP contribution is 2.13. The maximum atomic E-state index is 12.9. The van der Waals surface area contributed by atoms with E-state index in [1.165, 1.54) is 55.8 Å². The second-order valence-electron chi connectivity index (χ2n) is 6.77. The van der Waals surface area contributed by atoms with Gasteiger partial charge in [-0.15, -0.1) is 0 Å². The molecule has 27 heavy (non-hydrogen) atoms. The minimum atomic E-state index is -0.407. The van der Waals surface area contributed by atoms with Crippen LogP contribution in [0.15, 0.2) is 48.5 Å². The Hall–Kier alpha value is -2.73. The van der Waals surface area contributed by atoms with E-state index < -0.39 is 11.7 Å². The number of carbonyl (C=O) groups is 2. The summed E-state index contributed by atoms with van der Waals surface area (Å²) in [6.45, 7) is 3.60. The zero-order chi connectivity index (χ0) is 19.1. The summed E-state index contributed by atoms with van der Waals surface area (Å²) < 4.78 is 12.9. The Bertz CT molecular complexity index is 769. The Morgan fingerprint density at radius 3 is 2.19 bits per heavy atom. The number of nitrogens with one attached hydrogen (secondary N) is 2. The summed E-state index contributed by atoms with van der Waals surface area (Å²) in [5.74, 6) is -1.08. The Morgan fingerprint density at radius 2 is 1.52 bits per heavy atom. The van der Waals surface area contributed by atoms with Crippen molar-refractivity contribution >= 4 is 11.8 Å². The summed E-state index contributed by atoms with van der Waals surface area (Å²) in [5, 5.41) is 5.31. The minimum Gasteiger partial charge on any atom is -0.350 e. The fourth-order valence-electron chi connectivity index (χ4n) is 3.09. The zero-order valence-corrected chi connectivity index (χ0v) is 15.2. The molecule has 1 fully saturated rings. The number of benzene rings is 2. The van der Waals surface area contributed by atoms with Gasteiger partial charge in [0.2, 0.25) is 5.91 Å². The standard InChI is InChI=1S/C21H24FN3O2/c22-19-9-7-18(8-10-19)21(27)24-14-20(26)23-13-16-3-5-17(6-4-16)15-25-11-1-2-12-25/h3-10H,1-2,11-15H2,(H,23,26)(H,24,27). The number of nitrogens with zero attached hydrogens (tertiary/aromatic N) is 1. The molecule has 1 saturated heterocycles. The molecular formula is C21H24FN3O2. The third-order valence-corrected chi connectivity index (χ3v) is 4.63. The molecule has 2 amide bonds. The number of amides is 2. The van der Waals surface area contributed by atoms with Crippen LogP contribution in [0, 0.1) is 5.82 Å². The molecule has 2 N–H and O–H groups in total. The van der Waals surface area contributed by atoms with Crippen LogP contribution in [0.5, 0.6) is 0 Å². The average molecular weight is 369 g/mol. The van der Waals surface area contributed by atoms with Crippen LogP contribution in [0.2, 0.25) is 0 Å². The summed E-state index contributed by atoms with van der Waals surface area (Å²) in [6, 6.07) is 13.4. The molecule has 1 aliphatic heterocycles. The lowest BCUT2D eigenvalue weighted by molar-refractivity contribution is -0.120. The van der Waals surface area contributed by atoms with E-state index in [0.29, 0.717) is 12.1 Å². The molecule has 5 nitrogen and oxygen atoms in total. The van der Waals surface area contributed by atoms with E-state index >= 15 is 0 Å². The van der Waals surface area contributed by atoms with Crippen LogP contribution >= 0.6 is 0 Å². The zero-order valence-electron chi connectivity index (χ0n) is 15.2. The smallest absolute Gasteiger partial charge is 0.251 e. The van der Waals surface area contributed by atoms with Crippen molar-refractivity contribution in [2.75, 3.05) is 19.6 Å². The number of halogens is 1. The van der Waals surface area contributed by atoms with Crippen molar-refractivity contribution in [1.29, 1.82) is 0 Å². The van der Waals surface area contributed by atoms with Gasteiger partial charge in [0, 0.05) is 18.7 Å². The van der Waals surface area contributed by atoms with Gasteiger partial charge in [-0.25, -0.2) is 4.39 Å². The molecule has 2 aromatic rings. The van der Waals surface area contributed by atoms with E-state index in [9.17, 15) is 14.0 Å². The molecule has 3 rings (SSSR count). The van der Waals surface area contributed by atoms with Crippen LogP contribution in [0.4, 0.5) is 4.39 Å². The van der Waals surface area contributed by atoms with Gasteiger partial charge in [0.25, 0.3) is 5.91 Å². The molecule has 1 aliphatic rings. The van der Waals surface area contributed by atoms with Crippen LogP contribution in [0.1, 0.15) is 34.3 Å². The minimum absolute atomic E-state index is 0.122. The molecule has 1 heterocycles. The number of rotatable bonds is 7. The summed E-state index contributed by atoms with van der Waals surface area (Å²) in [4.78, 5) is 26.3. The SMILES string of the molecule is O=C(CNC(=O)c1ccc(F)cc1)NCc1ccc(CN2CCCC2)cc1. The van der Waals surface area contributed by atoms with Crippen molar-refractivity contribution in [1.82, 2.24) is 15.5 Å². The highest BCUT2D eigenvalue weighted by Gasteiger charge is 2.11. The lowest BCUT2D eigenvalue weighted by atomic mass is 10.1. The first-order valence-corrected chi connectivity index (χ1v) is 9.21. The summed E-state index contributed by atoms with van der Waals surface area (Å²) >= 11 is 0. The fourth-order valence-corrected chi connectivity index (χ4v) is 3.09. The van der Waals surface area contributed by atoms with Crippen molar-refractivity contribution in [3.8, 4) is 0 Å². The van der Waals surface area contributed by atoms with Gasteiger partial charge in [-0.05, 0) is 61.3 Å². The van der Waals surface area contributed by atoms with Crippen molar-refractivity contribution in [3.63, 3.8) is 0 Å². The number of carbonyl (C=O) groups excluding carboxylic acids is 2. The topological polar surface area (TPSA) is 61.4 Å². The summed E-state index contributed by atoms with van der Waals surface area (Å²) in [5.41, 5.74) is 2.61. The van der Waals surface area contributed by atoms with Gasteiger partial charge in [-0.3, -0.25) is 14.5 Å². The quantitative estimate of drug-likeness (QED) is 0.788. The van der Waals surface area contributed by atoms with Crippen LogP contribution in [-0.2, 0) is 17.9 Å². The molecule has 2 aromatic carbocycles. The van der Waals surface area contributed by atoms with Crippen molar-refractivity contribution < 1.29 is 14.0 Å². The van der Waals surface area contributed by atoms with Crippen molar-refractivity contribution in [3.05, 3.63) is 71.0 Å². The molecule has 0 aliphatic carbocycles. The van der Waals surface area contributed by atoms with E-state index in [-0.39, 0.29) is 12.5 Å². The number of hydrogen-bond donors (Lipinski definition) is 2. The normalized spacial score (nSPS) is 14.1. The Labute approximate surface area is 158 Å².